The van der Waals surface area contributed by atoms with Crippen molar-refractivity contribution in [2.24, 2.45) is 0 Å². The Morgan fingerprint density at radius 1 is 1.03 bits per heavy atom. The molecule has 1 fully saturated rings. The summed E-state index contributed by atoms with van der Waals surface area (Å²) in [6.07, 6.45) is 1.37. The number of anilines is 1. The number of hydrogen-bond donors (Lipinski definition) is 1. The highest BCUT2D eigenvalue weighted by molar-refractivity contribution is 6.01. The third-order valence-corrected chi connectivity index (χ3v) is 5.41. The first-order valence-corrected chi connectivity index (χ1v) is 9.46. The van der Waals surface area contributed by atoms with Crippen LogP contribution in [-0.2, 0) is 14.9 Å². The highest BCUT2D eigenvalue weighted by atomic mass is 16.7. The Bertz CT molecular complexity index is 1130. The second-order valence-corrected chi connectivity index (χ2v) is 7.25. The van der Waals surface area contributed by atoms with Gasteiger partial charge in [0.25, 0.3) is 0 Å². The second kappa shape index (κ2) is 6.91. The van der Waals surface area contributed by atoms with Crippen LogP contribution in [0.3, 0.4) is 0 Å². The van der Waals surface area contributed by atoms with Crippen LogP contribution in [0, 0.1) is 0 Å². The number of esters is 1. The van der Waals surface area contributed by atoms with E-state index in [2.05, 4.69) is 15.2 Å². The first-order chi connectivity index (χ1) is 14.6. The van der Waals surface area contributed by atoms with Gasteiger partial charge in [-0.25, -0.2) is 4.79 Å². The number of amides is 1. The van der Waals surface area contributed by atoms with E-state index in [1.165, 1.54) is 7.11 Å². The van der Waals surface area contributed by atoms with E-state index in [1.807, 2.05) is 18.2 Å². The van der Waals surface area contributed by atoms with E-state index in [-0.39, 0.29) is 12.7 Å². The molecule has 1 saturated carbocycles. The van der Waals surface area contributed by atoms with Crippen molar-refractivity contribution >= 4 is 17.6 Å². The molecule has 1 aromatic heterocycles. The Kier molecular flexibility index (Phi) is 4.20. The molecule has 0 atom stereocenters. The largest absolute Gasteiger partial charge is 0.465 e. The first kappa shape index (κ1) is 18.2. The molecular weight excluding hydrogens is 388 g/mol. The van der Waals surface area contributed by atoms with Gasteiger partial charge < -0.3 is 24.1 Å². The molecule has 0 saturated heterocycles. The third-order valence-electron chi connectivity index (χ3n) is 5.41. The van der Waals surface area contributed by atoms with Crippen molar-refractivity contribution in [2.45, 2.75) is 18.3 Å². The summed E-state index contributed by atoms with van der Waals surface area (Å²) in [7, 11) is 1.32. The summed E-state index contributed by atoms with van der Waals surface area (Å²) in [4.78, 5) is 24.5. The van der Waals surface area contributed by atoms with E-state index in [9.17, 15) is 9.59 Å². The molecule has 1 amide bonds. The van der Waals surface area contributed by atoms with E-state index in [0.29, 0.717) is 47.0 Å². The van der Waals surface area contributed by atoms with Crippen molar-refractivity contribution in [3.05, 3.63) is 59.8 Å². The highest BCUT2D eigenvalue weighted by Gasteiger charge is 2.53. The normalized spacial score (nSPS) is 15.5. The molecule has 2 aliphatic rings. The summed E-state index contributed by atoms with van der Waals surface area (Å²) in [6.45, 7) is 0.199. The molecule has 0 spiro atoms. The van der Waals surface area contributed by atoms with Gasteiger partial charge >= 0.3 is 5.97 Å². The molecule has 1 aliphatic carbocycles. The zero-order chi connectivity index (χ0) is 20.7. The molecule has 2 aromatic carbocycles. The summed E-state index contributed by atoms with van der Waals surface area (Å²) in [5.74, 6) is 1.32. The Morgan fingerprint density at radius 3 is 2.53 bits per heavy atom. The van der Waals surface area contributed by atoms with E-state index < -0.39 is 11.4 Å². The Morgan fingerprint density at radius 2 is 1.80 bits per heavy atom. The lowest BCUT2D eigenvalue weighted by atomic mass is 10.00. The van der Waals surface area contributed by atoms with Crippen LogP contribution < -0.4 is 14.8 Å². The number of carbonyl (C=O) groups excluding carboxylic acids is 2. The first-order valence-electron chi connectivity index (χ1n) is 9.46. The highest BCUT2D eigenvalue weighted by Crippen LogP contribution is 2.49. The fourth-order valence-corrected chi connectivity index (χ4v) is 3.47. The van der Waals surface area contributed by atoms with Crippen LogP contribution in [0.25, 0.3) is 11.3 Å². The van der Waals surface area contributed by atoms with Crippen molar-refractivity contribution in [3.8, 4) is 22.8 Å². The summed E-state index contributed by atoms with van der Waals surface area (Å²) >= 11 is 0. The quantitative estimate of drug-likeness (QED) is 0.647. The van der Waals surface area contributed by atoms with E-state index in [1.54, 1.807) is 30.3 Å². The second-order valence-electron chi connectivity index (χ2n) is 7.25. The molecule has 0 unspecified atom stereocenters. The molecule has 8 heteroatoms. The lowest BCUT2D eigenvalue weighted by Crippen LogP contribution is -2.28. The smallest absolute Gasteiger partial charge is 0.337 e. The molecule has 5 rings (SSSR count). The van der Waals surface area contributed by atoms with Crippen LogP contribution in [-0.4, -0.2) is 30.9 Å². The Labute approximate surface area is 171 Å². The standard InChI is InChI=1S/C22H18N2O6/c1-27-20(25)13-2-5-15(6-3-13)23-21(26)22(8-9-22)19-11-17(30-24-19)14-4-7-16-18(10-14)29-12-28-16/h2-7,10-11H,8-9,12H2,1H3,(H,23,26). The lowest BCUT2D eigenvalue weighted by molar-refractivity contribution is -0.118. The number of hydrogen-bond acceptors (Lipinski definition) is 7. The molecule has 0 bridgehead atoms. The maximum Gasteiger partial charge on any atom is 0.337 e. The van der Waals surface area contributed by atoms with Crippen molar-refractivity contribution in [1.29, 1.82) is 0 Å². The maximum absolute atomic E-state index is 13.0. The number of ether oxygens (including phenoxy) is 3. The summed E-state index contributed by atoms with van der Waals surface area (Å²) in [6, 6.07) is 13.9. The molecular formula is C22H18N2O6. The van der Waals surface area contributed by atoms with Gasteiger partial charge in [0.2, 0.25) is 12.7 Å². The van der Waals surface area contributed by atoms with Crippen LogP contribution >= 0.6 is 0 Å². The van der Waals surface area contributed by atoms with Crippen LogP contribution in [0.5, 0.6) is 11.5 Å². The average molecular weight is 406 g/mol. The summed E-state index contributed by atoms with van der Waals surface area (Å²) in [5, 5.41) is 7.06. The van der Waals surface area contributed by atoms with Gasteiger partial charge in [0.05, 0.1) is 23.8 Å². The molecule has 1 aliphatic heterocycles. The summed E-state index contributed by atoms with van der Waals surface area (Å²) < 4.78 is 20.9. The predicted octanol–water partition coefficient (Wildman–Crippen LogP) is 3.53. The molecule has 3 aromatic rings. The number of carbonyl (C=O) groups is 2. The van der Waals surface area contributed by atoms with Crippen LogP contribution in [0.4, 0.5) is 5.69 Å². The molecule has 1 N–H and O–H groups in total. The number of rotatable bonds is 5. The summed E-state index contributed by atoms with van der Waals surface area (Å²) in [5.41, 5.74) is 1.70. The number of benzene rings is 2. The molecule has 152 valence electrons. The van der Waals surface area contributed by atoms with E-state index in [0.717, 1.165) is 5.56 Å². The number of fused-ring (bicyclic) bond motifs is 1. The minimum absolute atomic E-state index is 0.154. The van der Waals surface area contributed by atoms with Crippen molar-refractivity contribution < 1.29 is 28.3 Å². The van der Waals surface area contributed by atoms with Crippen LogP contribution in [0.2, 0.25) is 0 Å². The zero-order valence-corrected chi connectivity index (χ0v) is 16.1. The SMILES string of the molecule is COC(=O)c1ccc(NC(=O)C2(c3cc(-c4ccc5c(c4)OCO5)on3)CC2)cc1. The minimum Gasteiger partial charge on any atom is -0.465 e. The van der Waals surface area contributed by atoms with Crippen LogP contribution in [0.1, 0.15) is 28.9 Å². The fourth-order valence-electron chi connectivity index (χ4n) is 3.47. The zero-order valence-electron chi connectivity index (χ0n) is 16.1. The Hall–Kier alpha value is -3.81. The van der Waals surface area contributed by atoms with E-state index >= 15 is 0 Å². The number of methoxy groups -OCH3 is 1. The minimum atomic E-state index is -0.709. The van der Waals surface area contributed by atoms with Gasteiger partial charge in [0.15, 0.2) is 17.3 Å². The van der Waals surface area contributed by atoms with Gasteiger partial charge in [-0.3, -0.25) is 4.79 Å². The predicted molar refractivity (Wildman–Crippen MR) is 105 cm³/mol. The molecule has 30 heavy (non-hydrogen) atoms. The van der Waals surface area contributed by atoms with Crippen molar-refractivity contribution in [2.75, 3.05) is 19.2 Å². The third kappa shape index (κ3) is 3.06. The molecule has 2 heterocycles. The van der Waals surface area contributed by atoms with Gasteiger partial charge in [-0.1, -0.05) is 5.16 Å². The van der Waals surface area contributed by atoms with Gasteiger partial charge in [-0.05, 0) is 55.3 Å². The van der Waals surface area contributed by atoms with Gasteiger partial charge in [-0.15, -0.1) is 0 Å². The average Bonchev–Trinajstić information content (AvgIpc) is 3.21. The van der Waals surface area contributed by atoms with E-state index in [4.69, 9.17) is 14.0 Å². The Balaban J connectivity index is 1.33. The van der Waals surface area contributed by atoms with Crippen LogP contribution in [0.15, 0.2) is 53.1 Å². The van der Waals surface area contributed by atoms with Gasteiger partial charge in [0, 0.05) is 17.3 Å². The van der Waals surface area contributed by atoms with Crippen molar-refractivity contribution in [1.82, 2.24) is 5.16 Å². The van der Waals surface area contributed by atoms with Gasteiger partial charge in [-0.2, -0.15) is 0 Å². The monoisotopic (exact) mass is 406 g/mol. The molecule has 8 nitrogen and oxygen atoms in total. The van der Waals surface area contributed by atoms with Gasteiger partial charge in [0.1, 0.15) is 0 Å². The van der Waals surface area contributed by atoms with Crippen molar-refractivity contribution in [3.63, 3.8) is 0 Å². The number of aromatic nitrogens is 1. The lowest BCUT2D eigenvalue weighted by Gasteiger charge is -2.12. The number of nitrogens with one attached hydrogen (secondary N) is 1. The molecule has 0 radical (unpaired) electrons. The topological polar surface area (TPSA) is 99.9 Å². The fraction of sp³-hybridized carbons (Fsp3) is 0.227. The number of nitrogens with zero attached hydrogens (tertiary/aromatic N) is 1. The maximum atomic E-state index is 13.0.